The Morgan fingerprint density at radius 1 is 0.952 bits per heavy atom. The third kappa shape index (κ3) is 2.83. The number of methoxy groups -OCH3 is 2. The van der Waals surface area contributed by atoms with E-state index in [0.29, 0.717) is 28.2 Å². The van der Waals surface area contributed by atoms with Crippen LogP contribution < -0.4 is 9.47 Å². The van der Waals surface area contributed by atoms with Crippen LogP contribution in [0.5, 0.6) is 11.5 Å². The average molecular weight is 283 g/mol. The third-order valence-electron chi connectivity index (χ3n) is 3.52. The van der Waals surface area contributed by atoms with Gasteiger partial charge < -0.3 is 14.6 Å². The lowest BCUT2D eigenvalue weighted by Gasteiger charge is -2.25. The summed E-state index contributed by atoms with van der Waals surface area (Å²) in [4.78, 5) is 0. The monoisotopic (exact) mass is 283 g/mol. The molecule has 108 valence electrons. The molecule has 0 aliphatic heterocycles. The number of nitrogens with zero attached hydrogens (tertiary/aromatic N) is 1. The molecular weight excluding hydrogens is 266 g/mol. The second kappa shape index (κ2) is 5.86. The van der Waals surface area contributed by atoms with Crippen molar-refractivity contribution >= 4 is 0 Å². The van der Waals surface area contributed by atoms with E-state index >= 15 is 0 Å². The molecule has 0 radical (unpaired) electrons. The van der Waals surface area contributed by atoms with Gasteiger partial charge in [0.05, 0.1) is 25.9 Å². The third-order valence-corrected chi connectivity index (χ3v) is 3.52. The Hall–Kier alpha value is -2.51. The summed E-state index contributed by atoms with van der Waals surface area (Å²) in [5, 5.41) is 19.7. The van der Waals surface area contributed by atoms with Crippen molar-refractivity contribution in [3.05, 3.63) is 59.2 Å². The lowest BCUT2D eigenvalue weighted by molar-refractivity contribution is 0.102. The summed E-state index contributed by atoms with van der Waals surface area (Å²) in [5.74, 6) is 1.17. The summed E-state index contributed by atoms with van der Waals surface area (Å²) < 4.78 is 10.5. The Morgan fingerprint density at radius 3 is 2.05 bits per heavy atom. The molecule has 0 aromatic heterocycles. The van der Waals surface area contributed by atoms with E-state index in [-0.39, 0.29) is 0 Å². The quantitative estimate of drug-likeness (QED) is 0.937. The molecule has 0 amide bonds. The van der Waals surface area contributed by atoms with Gasteiger partial charge in [0.15, 0.2) is 11.5 Å². The van der Waals surface area contributed by atoms with Crippen LogP contribution in [0.4, 0.5) is 0 Å². The van der Waals surface area contributed by atoms with Crippen LogP contribution >= 0.6 is 0 Å². The van der Waals surface area contributed by atoms with Gasteiger partial charge in [-0.15, -0.1) is 0 Å². The zero-order chi connectivity index (χ0) is 15.5. The van der Waals surface area contributed by atoms with Crippen LogP contribution in [0, 0.1) is 11.3 Å². The van der Waals surface area contributed by atoms with Crippen LogP contribution in [0.1, 0.15) is 23.6 Å². The maximum Gasteiger partial charge on any atom is 0.161 e. The molecule has 0 aliphatic rings. The Balaban J connectivity index is 2.45. The van der Waals surface area contributed by atoms with Crippen LogP contribution in [0.25, 0.3) is 0 Å². The number of aliphatic hydroxyl groups is 1. The molecule has 0 heterocycles. The molecule has 4 heteroatoms. The van der Waals surface area contributed by atoms with Crippen LogP contribution in [-0.2, 0) is 5.60 Å². The fraction of sp³-hybridized carbons (Fsp3) is 0.235. The first-order chi connectivity index (χ1) is 10.0. The molecule has 1 N–H and O–H groups in total. The van der Waals surface area contributed by atoms with Crippen molar-refractivity contribution in [3.8, 4) is 17.6 Å². The molecule has 0 saturated carbocycles. The lowest BCUT2D eigenvalue weighted by Crippen LogP contribution is -2.22. The Bertz CT molecular complexity index is 669. The lowest BCUT2D eigenvalue weighted by atomic mass is 9.87. The first-order valence-corrected chi connectivity index (χ1v) is 6.48. The highest BCUT2D eigenvalue weighted by atomic mass is 16.5. The molecule has 0 spiro atoms. The zero-order valence-corrected chi connectivity index (χ0v) is 12.3. The molecule has 21 heavy (non-hydrogen) atoms. The molecule has 2 aromatic carbocycles. The van der Waals surface area contributed by atoms with Gasteiger partial charge in [-0.05, 0) is 42.3 Å². The number of benzene rings is 2. The summed E-state index contributed by atoms with van der Waals surface area (Å²) in [7, 11) is 3.12. The molecule has 0 bridgehead atoms. The van der Waals surface area contributed by atoms with Crippen LogP contribution in [-0.4, -0.2) is 19.3 Å². The molecule has 0 aliphatic carbocycles. The summed E-state index contributed by atoms with van der Waals surface area (Å²) >= 11 is 0. The summed E-state index contributed by atoms with van der Waals surface area (Å²) in [6, 6.07) is 14.2. The fourth-order valence-corrected chi connectivity index (χ4v) is 2.17. The SMILES string of the molecule is COc1ccc(C(C)(O)c2ccc(C#N)cc2)cc1OC. The van der Waals surface area contributed by atoms with Gasteiger partial charge in [-0.25, -0.2) is 0 Å². The number of rotatable bonds is 4. The standard InChI is InChI=1S/C17H17NO3/c1-17(19,13-6-4-12(11-18)5-7-13)14-8-9-15(20-2)16(10-14)21-3/h4-10,19H,1-3H3. The summed E-state index contributed by atoms with van der Waals surface area (Å²) in [6.45, 7) is 1.70. The number of nitriles is 1. The van der Waals surface area contributed by atoms with E-state index in [0.717, 1.165) is 0 Å². The largest absolute Gasteiger partial charge is 0.493 e. The maximum absolute atomic E-state index is 10.8. The van der Waals surface area contributed by atoms with Crippen molar-refractivity contribution in [2.75, 3.05) is 14.2 Å². The molecule has 2 rings (SSSR count). The number of hydrogen-bond acceptors (Lipinski definition) is 4. The van der Waals surface area contributed by atoms with Crippen molar-refractivity contribution in [1.29, 1.82) is 5.26 Å². The molecule has 1 atom stereocenters. The average Bonchev–Trinajstić information content (AvgIpc) is 2.54. The van der Waals surface area contributed by atoms with E-state index in [9.17, 15) is 5.11 Å². The van der Waals surface area contributed by atoms with Crippen molar-refractivity contribution in [3.63, 3.8) is 0 Å². The molecule has 0 saturated heterocycles. The van der Waals surface area contributed by atoms with Crippen molar-refractivity contribution < 1.29 is 14.6 Å². The first-order valence-electron chi connectivity index (χ1n) is 6.48. The van der Waals surface area contributed by atoms with Gasteiger partial charge in [0.25, 0.3) is 0 Å². The molecule has 0 fully saturated rings. The van der Waals surface area contributed by atoms with E-state index < -0.39 is 5.60 Å². The van der Waals surface area contributed by atoms with E-state index in [4.69, 9.17) is 14.7 Å². The van der Waals surface area contributed by atoms with Crippen LogP contribution in [0.15, 0.2) is 42.5 Å². The van der Waals surface area contributed by atoms with Gasteiger partial charge in [0.1, 0.15) is 5.60 Å². The first kappa shape index (κ1) is 14.9. The smallest absolute Gasteiger partial charge is 0.161 e. The minimum atomic E-state index is -1.19. The Morgan fingerprint density at radius 2 is 1.52 bits per heavy atom. The predicted molar refractivity (Wildman–Crippen MR) is 79.4 cm³/mol. The Kier molecular flexibility index (Phi) is 4.15. The highest BCUT2D eigenvalue weighted by Gasteiger charge is 2.26. The normalized spacial score (nSPS) is 13.1. The summed E-state index contributed by atoms with van der Waals surface area (Å²) in [5.41, 5.74) is 0.758. The second-order valence-corrected chi connectivity index (χ2v) is 4.83. The van der Waals surface area contributed by atoms with Crippen molar-refractivity contribution in [1.82, 2.24) is 0 Å². The van der Waals surface area contributed by atoms with Crippen molar-refractivity contribution in [2.45, 2.75) is 12.5 Å². The van der Waals surface area contributed by atoms with Gasteiger partial charge in [-0.3, -0.25) is 0 Å². The number of ether oxygens (including phenoxy) is 2. The van der Waals surface area contributed by atoms with Gasteiger partial charge in [-0.2, -0.15) is 5.26 Å². The second-order valence-electron chi connectivity index (χ2n) is 4.83. The van der Waals surface area contributed by atoms with Gasteiger partial charge in [0, 0.05) is 0 Å². The van der Waals surface area contributed by atoms with Gasteiger partial charge in [-0.1, -0.05) is 18.2 Å². The van der Waals surface area contributed by atoms with Crippen LogP contribution in [0.3, 0.4) is 0 Å². The van der Waals surface area contributed by atoms with E-state index in [1.165, 1.54) is 0 Å². The maximum atomic E-state index is 10.8. The summed E-state index contributed by atoms with van der Waals surface area (Å²) in [6.07, 6.45) is 0. The number of hydrogen-bond donors (Lipinski definition) is 1. The minimum absolute atomic E-state index is 0.557. The minimum Gasteiger partial charge on any atom is -0.493 e. The molecule has 4 nitrogen and oxygen atoms in total. The highest BCUT2D eigenvalue weighted by Crippen LogP contribution is 2.35. The topological polar surface area (TPSA) is 62.5 Å². The predicted octanol–water partition coefficient (Wildman–Crippen LogP) is 2.83. The fourth-order valence-electron chi connectivity index (χ4n) is 2.17. The molecular formula is C17H17NO3. The van der Waals surface area contributed by atoms with E-state index in [1.807, 2.05) is 0 Å². The van der Waals surface area contributed by atoms with Gasteiger partial charge >= 0.3 is 0 Å². The highest BCUT2D eigenvalue weighted by molar-refractivity contribution is 5.47. The van der Waals surface area contributed by atoms with Crippen LogP contribution in [0.2, 0.25) is 0 Å². The van der Waals surface area contributed by atoms with E-state index in [2.05, 4.69) is 6.07 Å². The molecule has 1 unspecified atom stereocenters. The van der Waals surface area contributed by atoms with Gasteiger partial charge in [0.2, 0.25) is 0 Å². The Labute approximate surface area is 124 Å². The van der Waals surface area contributed by atoms with Crippen molar-refractivity contribution in [2.24, 2.45) is 0 Å². The van der Waals surface area contributed by atoms with E-state index in [1.54, 1.807) is 63.6 Å². The zero-order valence-electron chi connectivity index (χ0n) is 12.3. The molecule has 2 aromatic rings.